The molecule has 0 radical (unpaired) electrons. The molecule has 7 heteroatoms. The molecule has 0 bridgehead atoms. The fourth-order valence-corrected chi connectivity index (χ4v) is 1.68. The Labute approximate surface area is 123 Å². The average molecular weight is 296 g/mol. The van der Waals surface area contributed by atoms with Crippen molar-refractivity contribution in [3.63, 3.8) is 0 Å². The Hall–Kier alpha value is -2.08. The number of anilines is 1. The van der Waals surface area contributed by atoms with Crippen LogP contribution in [0, 0.1) is 0 Å². The molecular formula is C13H18ClN5O. The van der Waals surface area contributed by atoms with E-state index in [1.165, 1.54) is 6.33 Å². The number of hydrogen-bond acceptors (Lipinski definition) is 4. The monoisotopic (exact) mass is 295 g/mol. The van der Waals surface area contributed by atoms with Crippen LogP contribution in [0.5, 0.6) is 0 Å². The Morgan fingerprint density at radius 3 is 2.70 bits per heavy atom. The van der Waals surface area contributed by atoms with Crippen molar-refractivity contribution in [1.82, 2.24) is 20.1 Å². The van der Waals surface area contributed by atoms with E-state index in [4.69, 9.17) is 5.73 Å². The Balaban J connectivity index is 0.00000200. The molecule has 1 heterocycles. The summed E-state index contributed by atoms with van der Waals surface area (Å²) in [6, 6.07) is 7.66. The summed E-state index contributed by atoms with van der Waals surface area (Å²) in [5.41, 5.74) is 7.52. The zero-order valence-corrected chi connectivity index (χ0v) is 11.8. The summed E-state index contributed by atoms with van der Waals surface area (Å²) in [4.78, 5) is 15.4. The van der Waals surface area contributed by atoms with Crippen LogP contribution in [0.25, 0.3) is 0 Å². The summed E-state index contributed by atoms with van der Waals surface area (Å²) >= 11 is 0. The molecule has 0 aliphatic heterocycles. The SMILES string of the molecule is Cl.Nc1ccc(CCNC(=O)CCn2cncn2)cc1. The topological polar surface area (TPSA) is 85.8 Å². The summed E-state index contributed by atoms with van der Waals surface area (Å²) in [6.07, 6.45) is 4.26. The van der Waals surface area contributed by atoms with E-state index >= 15 is 0 Å². The molecule has 6 nitrogen and oxygen atoms in total. The van der Waals surface area contributed by atoms with Gasteiger partial charge in [0, 0.05) is 18.7 Å². The van der Waals surface area contributed by atoms with Gasteiger partial charge in [-0.2, -0.15) is 5.10 Å². The lowest BCUT2D eigenvalue weighted by Gasteiger charge is -2.05. The van der Waals surface area contributed by atoms with E-state index in [-0.39, 0.29) is 18.3 Å². The zero-order chi connectivity index (χ0) is 13.5. The van der Waals surface area contributed by atoms with Gasteiger partial charge in [-0.25, -0.2) is 4.98 Å². The number of aryl methyl sites for hydroxylation is 1. The number of hydrogen-bond donors (Lipinski definition) is 2. The average Bonchev–Trinajstić information content (AvgIpc) is 2.92. The number of carbonyl (C=O) groups is 1. The minimum absolute atomic E-state index is 0. The maximum atomic E-state index is 11.6. The Bertz CT molecular complexity index is 512. The van der Waals surface area contributed by atoms with E-state index in [1.54, 1.807) is 11.0 Å². The van der Waals surface area contributed by atoms with Gasteiger partial charge in [0.05, 0.1) is 6.54 Å². The lowest BCUT2D eigenvalue weighted by Crippen LogP contribution is -2.26. The van der Waals surface area contributed by atoms with E-state index in [2.05, 4.69) is 15.4 Å². The fraction of sp³-hybridized carbons (Fsp3) is 0.308. The summed E-state index contributed by atoms with van der Waals surface area (Å²) in [5, 5.41) is 6.81. The molecule has 0 aliphatic rings. The largest absolute Gasteiger partial charge is 0.399 e. The molecule has 1 amide bonds. The molecule has 2 rings (SSSR count). The predicted octanol–water partition coefficient (Wildman–Crippen LogP) is 1.03. The molecule has 0 atom stereocenters. The summed E-state index contributed by atoms with van der Waals surface area (Å²) < 4.78 is 1.64. The standard InChI is InChI=1S/C13H17N5O.ClH/c14-12-3-1-11(2-4-12)5-7-16-13(19)6-8-18-10-15-9-17-18;/h1-4,9-10H,5-8,14H2,(H,16,19);1H. The van der Waals surface area contributed by atoms with Crippen LogP contribution in [0.3, 0.4) is 0 Å². The van der Waals surface area contributed by atoms with E-state index in [0.717, 1.165) is 17.7 Å². The maximum Gasteiger partial charge on any atom is 0.221 e. The van der Waals surface area contributed by atoms with Gasteiger partial charge in [0.2, 0.25) is 5.91 Å². The minimum atomic E-state index is 0. The first-order valence-electron chi connectivity index (χ1n) is 6.17. The summed E-state index contributed by atoms with van der Waals surface area (Å²) in [6.45, 7) is 1.17. The third-order valence-corrected chi connectivity index (χ3v) is 2.75. The van der Waals surface area contributed by atoms with Crippen LogP contribution >= 0.6 is 12.4 Å². The molecule has 3 N–H and O–H groups in total. The van der Waals surface area contributed by atoms with Gasteiger partial charge in [0.25, 0.3) is 0 Å². The van der Waals surface area contributed by atoms with Crippen molar-refractivity contribution in [2.45, 2.75) is 19.4 Å². The number of nitrogens with zero attached hydrogens (tertiary/aromatic N) is 3. The minimum Gasteiger partial charge on any atom is -0.399 e. The number of benzene rings is 1. The highest BCUT2D eigenvalue weighted by Gasteiger charge is 2.02. The summed E-state index contributed by atoms with van der Waals surface area (Å²) in [7, 11) is 0. The van der Waals surface area contributed by atoms with Gasteiger partial charge in [0.1, 0.15) is 12.7 Å². The molecular weight excluding hydrogens is 278 g/mol. The zero-order valence-electron chi connectivity index (χ0n) is 11.0. The summed E-state index contributed by atoms with van der Waals surface area (Å²) in [5.74, 6) is 0.0194. The van der Waals surface area contributed by atoms with Crippen LogP contribution in [0.1, 0.15) is 12.0 Å². The number of rotatable bonds is 6. The van der Waals surface area contributed by atoms with Gasteiger partial charge in [-0.15, -0.1) is 12.4 Å². The highest BCUT2D eigenvalue weighted by atomic mass is 35.5. The lowest BCUT2D eigenvalue weighted by atomic mass is 10.1. The Morgan fingerprint density at radius 2 is 2.05 bits per heavy atom. The first-order valence-corrected chi connectivity index (χ1v) is 6.17. The number of amides is 1. The van der Waals surface area contributed by atoms with Crippen LogP contribution < -0.4 is 11.1 Å². The van der Waals surface area contributed by atoms with Gasteiger partial charge in [-0.05, 0) is 24.1 Å². The quantitative estimate of drug-likeness (QED) is 0.780. The molecule has 1 aromatic heterocycles. The van der Waals surface area contributed by atoms with Gasteiger partial charge in [0.15, 0.2) is 0 Å². The third kappa shape index (κ3) is 5.27. The normalized spacial score (nSPS) is 9.80. The molecule has 1 aromatic carbocycles. The Morgan fingerprint density at radius 1 is 1.30 bits per heavy atom. The van der Waals surface area contributed by atoms with Crippen molar-refractivity contribution in [2.75, 3.05) is 12.3 Å². The Kier molecular flexibility index (Phi) is 6.52. The third-order valence-electron chi connectivity index (χ3n) is 2.75. The van der Waals surface area contributed by atoms with Gasteiger partial charge < -0.3 is 11.1 Å². The van der Waals surface area contributed by atoms with E-state index in [0.29, 0.717) is 19.5 Å². The first-order chi connectivity index (χ1) is 9.24. The number of nitrogen functional groups attached to an aromatic ring is 1. The number of halogens is 1. The van der Waals surface area contributed by atoms with E-state index in [1.807, 2.05) is 24.3 Å². The second kappa shape index (κ2) is 8.16. The molecule has 0 fully saturated rings. The predicted molar refractivity (Wildman–Crippen MR) is 79.5 cm³/mol. The van der Waals surface area contributed by atoms with E-state index < -0.39 is 0 Å². The van der Waals surface area contributed by atoms with Crippen molar-refractivity contribution in [3.8, 4) is 0 Å². The van der Waals surface area contributed by atoms with Crippen molar-refractivity contribution < 1.29 is 4.79 Å². The number of nitrogens with one attached hydrogen (secondary N) is 1. The number of nitrogens with two attached hydrogens (primary N) is 1. The molecule has 0 saturated carbocycles. The molecule has 0 spiro atoms. The molecule has 108 valence electrons. The van der Waals surface area contributed by atoms with Gasteiger partial charge >= 0.3 is 0 Å². The van der Waals surface area contributed by atoms with Crippen molar-refractivity contribution in [2.24, 2.45) is 0 Å². The smallest absolute Gasteiger partial charge is 0.221 e. The number of aromatic nitrogens is 3. The van der Waals surface area contributed by atoms with Crippen LogP contribution in [0.15, 0.2) is 36.9 Å². The molecule has 0 unspecified atom stereocenters. The van der Waals surface area contributed by atoms with Crippen molar-refractivity contribution in [3.05, 3.63) is 42.5 Å². The molecule has 20 heavy (non-hydrogen) atoms. The molecule has 0 aliphatic carbocycles. The fourth-order valence-electron chi connectivity index (χ4n) is 1.68. The highest BCUT2D eigenvalue weighted by molar-refractivity contribution is 5.85. The lowest BCUT2D eigenvalue weighted by molar-refractivity contribution is -0.121. The van der Waals surface area contributed by atoms with Crippen LogP contribution in [0.4, 0.5) is 5.69 Å². The number of carbonyl (C=O) groups excluding carboxylic acids is 1. The van der Waals surface area contributed by atoms with Crippen LogP contribution in [0.2, 0.25) is 0 Å². The first kappa shape index (κ1) is 16.0. The van der Waals surface area contributed by atoms with E-state index in [9.17, 15) is 4.79 Å². The molecule has 2 aromatic rings. The highest BCUT2D eigenvalue weighted by Crippen LogP contribution is 2.05. The maximum absolute atomic E-state index is 11.6. The van der Waals surface area contributed by atoms with Crippen LogP contribution in [-0.2, 0) is 17.8 Å². The second-order valence-corrected chi connectivity index (χ2v) is 4.25. The van der Waals surface area contributed by atoms with Gasteiger partial charge in [-0.1, -0.05) is 12.1 Å². The van der Waals surface area contributed by atoms with Crippen molar-refractivity contribution >= 4 is 24.0 Å². The van der Waals surface area contributed by atoms with Crippen LogP contribution in [-0.4, -0.2) is 27.2 Å². The van der Waals surface area contributed by atoms with Gasteiger partial charge in [-0.3, -0.25) is 9.48 Å². The molecule has 0 saturated heterocycles. The second-order valence-electron chi connectivity index (χ2n) is 4.25. The van der Waals surface area contributed by atoms with Crippen molar-refractivity contribution in [1.29, 1.82) is 0 Å².